The molecule has 10 heteroatoms. The molecule has 0 aliphatic heterocycles. The van der Waals surface area contributed by atoms with Gasteiger partial charge in [-0.25, -0.2) is 9.97 Å². The lowest BCUT2D eigenvalue weighted by atomic mass is 10.0. The molecule has 0 bridgehead atoms. The van der Waals surface area contributed by atoms with E-state index in [4.69, 9.17) is 9.97 Å². The number of amides is 1. The molecular formula is C28H35N7O3. The summed E-state index contributed by atoms with van der Waals surface area (Å²) in [5.74, 6) is -0.130. The zero-order valence-corrected chi connectivity index (χ0v) is 22.5. The first-order valence-electron chi connectivity index (χ1n) is 12.7. The van der Waals surface area contributed by atoms with Crippen LogP contribution in [0.2, 0.25) is 0 Å². The van der Waals surface area contributed by atoms with Gasteiger partial charge in [-0.3, -0.25) is 9.48 Å². The average molecular weight is 518 g/mol. The molecule has 0 radical (unpaired) electrons. The van der Waals surface area contributed by atoms with Crippen LogP contribution in [0.25, 0.3) is 22.3 Å². The molecule has 10 nitrogen and oxygen atoms in total. The Morgan fingerprint density at radius 2 is 1.89 bits per heavy atom. The molecule has 4 rings (SSSR count). The average Bonchev–Trinajstić information content (AvgIpc) is 3.25. The number of nitrogens with zero attached hydrogens (tertiary/aromatic N) is 5. The van der Waals surface area contributed by atoms with Crippen LogP contribution < -0.4 is 10.6 Å². The fourth-order valence-electron chi connectivity index (χ4n) is 4.44. The maximum atomic E-state index is 13.7. The quantitative estimate of drug-likeness (QED) is 0.253. The Balaban J connectivity index is 1.67. The van der Waals surface area contributed by atoms with Gasteiger partial charge < -0.3 is 25.7 Å². The van der Waals surface area contributed by atoms with Gasteiger partial charge in [-0.1, -0.05) is 0 Å². The number of fused-ring (bicyclic) bond motifs is 1. The molecule has 0 saturated heterocycles. The summed E-state index contributed by atoms with van der Waals surface area (Å²) in [6.07, 6.45) is 1.27. The highest BCUT2D eigenvalue weighted by molar-refractivity contribution is 6.07. The summed E-state index contributed by atoms with van der Waals surface area (Å²) in [5, 5.41) is 31.3. The number of hydrogen-bond acceptors (Lipinski definition) is 8. The molecule has 3 aromatic heterocycles. The highest BCUT2D eigenvalue weighted by atomic mass is 16.3. The van der Waals surface area contributed by atoms with Gasteiger partial charge in [0.1, 0.15) is 5.75 Å². The molecule has 38 heavy (non-hydrogen) atoms. The smallest absolute Gasteiger partial charge is 0.254 e. The molecule has 0 spiro atoms. The number of aliphatic hydroxyl groups excluding tert-OH is 1. The fourth-order valence-corrected chi connectivity index (χ4v) is 4.44. The lowest BCUT2D eigenvalue weighted by Gasteiger charge is -2.19. The van der Waals surface area contributed by atoms with E-state index in [2.05, 4.69) is 15.7 Å². The summed E-state index contributed by atoms with van der Waals surface area (Å²) < 4.78 is 1.90. The Morgan fingerprint density at radius 1 is 1.11 bits per heavy atom. The van der Waals surface area contributed by atoms with Gasteiger partial charge in [-0.2, -0.15) is 5.10 Å². The minimum absolute atomic E-state index is 0.0636. The normalized spacial score (nSPS) is 12.1. The van der Waals surface area contributed by atoms with Crippen LogP contribution in [-0.4, -0.2) is 74.1 Å². The minimum Gasteiger partial charge on any atom is -0.508 e. The highest BCUT2D eigenvalue weighted by Crippen LogP contribution is 2.29. The van der Waals surface area contributed by atoms with E-state index in [0.29, 0.717) is 47.5 Å². The van der Waals surface area contributed by atoms with Crippen molar-refractivity contribution in [2.24, 2.45) is 0 Å². The Bertz CT molecular complexity index is 1450. The van der Waals surface area contributed by atoms with Crippen LogP contribution in [-0.2, 0) is 13.1 Å². The first kappa shape index (κ1) is 27.0. The lowest BCUT2D eigenvalue weighted by molar-refractivity contribution is 0.0787. The van der Waals surface area contributed by atoms with E-state index in [1.165, 1.54) is 0 Å². The third kappa shape index (κ3) is 5.76. The number of anilines is 1. The standard InChI is InChI=1S/C28H35N7O3/c1-6-35-18(3)19(13-31-35)16-34(5)28(38)23-12-27(33-25-8-7-20(36)11-22(23)25)26-10-9-24(17(2)32-26)30-15-21(37)14-29-4/h7-13,21,29-30,36-37H,6,14-16H2,1-5H3. The fraction of sp³-hybridized carbons (Fsp3) is 0.357. The molecule has 0 aliphatic carbocycles. The van der Waals surface area contributed by atoms with Crippen LogP contribution >= 0.6 is 0 Å². The van der Waals surface area contributed by atoms with Gasteiger partial charge in [-0.15, -0.1) is 0 Å². The first-order valence-corrected chi connectivity index (χ1v) is 12.7. The highest BCUT2D eigenvalue weighted by Gasteiger charge is 2.20. The van der Waals surface area contributed by atoms with Crippen molar-refractivity contribution in [1.29, 1.82) is 0 Å². The maximum Gasteiger partial charge on any atom is 0.254 e. The van der Waals surface area contributed by atoms with Gasteiger partial charge in [0.15, 0.2) is 0 Å². The molecule has 200 valence electrons. The molecule has 1 unspecified atom stereocenters. The maximum absolute atomic E-state index is 13.7. The first-order chi connectivity index (χ1) is 18.2. The number of likely N-dealkylation sites (N-methyl/N-ethyl adjacent to an activating group) is 1. The summed E-state index contributed by atoms with van der Waals surface area (Å²) in [5.41, 5.74) is 5.76. The van der Waals surface area contributed by atoms with Crippen molar-refractivity contribution >= 4 is 22.5 Å². The third-order valence-corrected chi connectivity index (χ3v) is 6.60. The predicted molar refractivity (Wildman–Crippen MR) is 148 cm³/mol. The molecule has 1 aromatic carbocycles. The molecular weight excluding hydrogens is 482 g/mol. The number of nitrogens with one attached hydrogen (secondary N) is 2. The Hall–Kier alpha value is -4.02. The lowest BCUT2D eigenvalue weighted by Crippen LogP contribution is -2.30. The Kier molecular flexibility index (Phi) is 8.23. The van der Waals surface area contributed by atoms with Crippen LogP contribution in [0.1, 0.15) is 34.2 Å². The second-order valence-electron chi connectivity index (χ2n) is 9.41. The number of phenolic OH excluding ortho intramolecular Hbond substituents is 1. The molecule has 4 N–H and O–H groups in total. The monoisotopic (exact) mass is 517 g/mol. The number of aromatic nitrogens is 4. The van der Waals surface area contributed by atoms with E-state index in [1.54, 1.807) is 49.5 Å². The number of carbonyl (C=O) groups excluding carboxylic acids is 1. The zero-order chi connectivity index (χ0) is 27.4. The second-order valence-corrected chi connectivity index (χ2v) is 9.41. The molecule has 1 amide bonds. The third-order valence-electron chi connectivity index (χ3n) is 6.60. The molecule has 0 aliphatic rings. The van der Waals surface area contributed by atoms with Gasteiger partial charge in [0.05, 0.1) is 46.2 Å². The Labute approximate surface area is 222 Å². The van der Waals surface area contributed by atoms with Gasteiger partial charge >= 0.3 is 0 Å². The van der Waals surface area contributed by atoms with Crippen LogP contribution in [0.4, 0.5) is 5.69 Å². The second kappa shape index (κ2) is 11.6. The van der Waals surface area contributed by atoms with E-state index >= 15 is 0 Å². The Morgan fingerprint density at radius 3 is 2.58 bits per heavy atom. The zero-order valence-electron chi connectivity index (χ0n) is 22.5. The van der Waals surface area contributed by atoms with Crippen LogP contribution in [0.15, 0.2) is 42.6 Å². The topological polar surface area (TPSA) is 128 Å². The number of aliphatic hydroxyl groups is 1. The number of pyridine rings is 2. The van der Waals surface area contributed by atoms with E-state index in [0.717, 1.165) is 29.2 Å². The SMILES string of the molecule is CCn1ncc(CN(C)C(=O)c2cc(-c3ccc(NCC(O)CNC)c(C)n3)nc3ccc(O)cc23)c1C. The summed E-state index contributed by atoms with van der Waals surface area (Å²) in [7, 11) is 3.55. The number of rotatable bonds is 10. The van der Waals surface area contributed by atoms with Crippen molar-refractivity contribution < 1.29 is 15.0 Å². The summed E-state index contributed by atoms with van der Waals surface area (Å²) in [4.78, 5) is 24.8. The van der Waals surface area contributed by atoms with E-state index in [-0.39, 0.29) is 11.7 Å². The van der Waals surface area contributed by atoms with E-state index in [1.807, 2.05) is 37.6 Å². The minimum atomic E-state index is -0.525. The van der Waals surface area contributed by atoms with Gasteiger partial charge in [-0.05, 0) is 64.2 Å². The van der Waals surface area contributed by atoms with Crippen molar-refractivity contribution in [2.75, 3.05) is 32.5 Å². The van der Waals surface area contributed by atoms with Crippen molar-refractivity contribution in [1.82, 2.24) is 30.0 Å². The summed E-state index contributed by atoms with van der Waals surface area (Å²) in [6, 6.07) is 10.3. The van der Waals surface area contributed by atoms with Gasteiger partial charge in [0, 0.05) is 49.9 Å². The number of hydrogen-bond donors (Lipinski definition) is 4. The van der Waals surface area contributed by atoms with Crippen LogP contribution in [0.3, 0.4) is 0 Å². The molecule has 1 atom stereocenters. The van der Waals surface area contributed by atoms with Crippen LogP contribution in [0, 0.1) is 13.8 Å². The van der Waals surface area contributed by atoms with E-state index < -0.39 is 6.10 Å². The molecule has 4 aromatic rings. The largest absolute Gasteiger partial charge is 0.508 e. The van der Waals surface area contributed by atoms with Gasteiger partial charge in [0.25, 0.3) is 5.91 Å². The molecule has 3 heterocycles. The van der Waals surface area contributed by atoms with Crippen molar-refractivity contribution in [3.8, 4) is 17.1 Å². The molecule has 0 fully saturated rings. The van der Waals surface area contributed by atoms with Crippen LogP contribution in [0.5, 0.6) is 5.75 Å². The summed E-state index contributed by atoms with van der Waals surface area (Å²) >= 11 is 0. The molecule has 0 saturated carbocycles. The van der Waals surface area contributed by atoms with Crippen molar-refractivity contribution in [2.45, 2.75) is 40.0 Å². The number of carbonyl (C=O) groups is 1. The number of aromatic hydroxyl groups is 1. The van der Waals surface area contributed by atoms with E-state index in [9.17, 15) is 15.0 Å². The number of aryl methyl sites for hydroxylation is 2. The number of phenols is 1. The summed E-state index contributed by atoms with van der Waals surface area (Å²) in [6.45, 7) is 7.95. The van der Waals surface area contributed by atoms with Crippen molar-refractivity contribution in [3.05, 3.63) is 65.1 Å². The van der Waals surface area contributed by atoms with Gasteiger partial charge in [0.2, 0.25) is 0 Å². The predicted octanol–water partition coefficient (Wildman–Crippen LogP) is 3.10. The van der Waals surface area contributed by atoms with Crippen molar-refractivity contribution in [3.63, 3.8) is 0 Å². The number of benzene rings is 1.